The van der Waals surface area contributed by atoms with Crippen LogP contribution in [0.25, 0.3) is 0 Å². The second-order valence-corrected chi connectivity index (χ2v) is 3.81. The van der Waals surface area contributed by atoms with E-state index >= 15 is 0 Å². The fourth-order valence-corrected chi connectivity index (χ4v) is 1.81. The van der Waals surface area contributed by atoms with Gasteiger partial charge in [-0.1, -0.05) is 0 Å². The number of pyridine rings is 1. The molecule has 0 radical (unpaired) electrons. The van der Waals surface area contributed by atoms with Gasteiger partial charge in [-0.2, -0.15) is 0 Å². The molecule has 2 heterocycles. The SMILES string of the molecule is Cc1ccncc1CC1CCC(=O)N1. The molecule has 1 aromatic rings. The number of nitrogens with one attached hydrogen (secondary N) is 1. The normalized spacial score (nSPS) is 20.9. The minimum atomic E-state index is 0.177. The molecule has 0 spiro atoms. The molecule has 0 saturated carbocycles. The van der Waals surface area contributed by atoms with Crippen LogP contribution in [0.3, 0.4) is 0 Å². The predicted molar refractivity (Wildman–Crippen MR) is 53.8 cm³/mol. The molecule has 74 valence electrons. The summed E-state index contributed by atoms with van der Waals surface area (Å²) < 4.78 is 0. The van der Waals surface area contributed by atoms with Gasteiger partial charge in [0.25, 0.3) is 0 Å². The standard InChI is InChI=1S/C11H14N2O/c1-8-4-5-12-7-9(8)6-10-2-3-11(14)13-10/h4-5,7,10H,2-3,6H2,1H3,(H,13,14). The number of nitrogens with zero attached hydrogens (tertiary/aromatic N) is 1. The van der Waals surface area contributed by atoms with Gasteiger partial charge in [0, 0.05) is 24.9 Å². The van der Waals surface area contributed by atoms with Crippen LogP contribution in [-0.2, 0) is 11.2 Å². The van der Waals surface area contributed by atoms with Crippen LogP contribution < -0.4 is 5.32 Å². The van der Waals surface area contributed by atoms with E-state index in [1.165, 1.54) is 11.1 Å². The third kappa shape index (κ3) is 1.92. The molecule has 2 rings (SSSR count). The average molecular weight is 190 g/mol. The lowest BCUT2D eigenvalue weighted by atomic mass is 10.0. The van der Waals surface area contributed by atoms with Gasteiger partial charge in [0.15, 0.2) is 0 Å². The lowest BCUT2D eigenvalue weighted by molar-refractivity contribution is -0.119. The van der Waals surface area contributed by atoms with Gasteiger partial charge in [0.1, 0.15) is 0 Å². The monoisotopic (exact) mass is 190 g/mol. The van der Waals surface area contributed by atoms with E-state index in [1.807, 2.05) is 12.3 Å². The summed E-state index contributed by atoms with van der Waals surface area (Å²) in [6.45, 7) is 2.08. The molecule has 0 aliphatic carbocycles. The first kappa shape index (κ1) is 9.19. The lowest BCUT2D eigenvalue weighted by Gasteiger charge is -2.11. The van der Waals surface area contributed by atoms with E-state index in [9.17, 15) is 4.79 Å². The molecule has 1 amide bonds. The van der Waals surface area contributed by atoms with Crippen molar-refractivity contribution in [2.75, 3.05) is 0 Å². The van der Waals surface area contributed by atoms with Crippen molar-refractivity contribution in [3.63, 3.8) is 0 Å². The first-order valence-corrected chi connectivity index (χ1v) is 4.94. The molecule has 3 nitrogen and oxygen atoms in total. The Balaban J connectivity index is 2.04. The van der Waals surface area contributed by atoms with E-state index in [0.717, 1.165) is 12.8 Å². The fourth-order valence-electron chi connectivity index (χ4n) is 1.81. The average Bonchev–Trinajstić information content (AvgIpc) is 2.56. The predicted octanol–water partition coefficient (Wildman–Crippen LogP) is 1.21. The first-order valence-electron chi connectivity index (χ1n) is 4.94. The van der Waals surface area contributed by atoms with Gasteiger partial charge in [-0.3, -0.25) is 9.78 Å². The highest BCUT2D eigenvalue weighted by molar-refractivity contribution is 5.78. The zero-order chi connectivity index (χ0) is 9.97. The molecule has 1 unspecified atom stereocenters. The minimum Gasteiger partial charge on any atom is -0.353 e. The molecule has 1 saturated heterocycles. The molecule has 1 atom stereocenters. The topological polar surface area (TPSA) is 42.0 Å². The Kier molecular flexibility index (Phi) is 2.48. The molecular weight excluding hydrogens is 176 g/mol. The summed E-state index contributed by atoms with van der Waals surface area (Å²) in [5.41, 5.74) is 2.49. The Morgan fingerprint density at radius 2 is 2.50 bits per heavy atom. The summed E-state index contributed by atoms with van der Waals surface area (Å²) in [7, 11) is 0. The van der Waals surface area contributed by atoms with Gasteiger partial charge in [0.05, 0.1) is 0 Å². The Bertz CT molecular complexity index is 349. The highest BCUT2D eigenvalue weighted by Crippen LogP contribution is 2.14. The van der Waals surface area contributed by atoms with Gasteiger partial charge in [0.2, 0.25) is 5.91 Å². The molecule has 1 aliphatic rings. The van der Waals surface area contributed by atoms with Gasteiger partial charge >= 0.3 is 0 Å². The summed E-state index contributed by atoms with van der Waals surface area (Å²) >= 11 is 0. The van der Waals surface area contributed by atoms with Gasteiger partial charge in [-0.25, -0.2) is 0 Å². The fraction of sp³-hybridized carbons (Fsp3) is 0.455. The number of aryl methyl sites for hydroxylation is 1. The van der Waals surface area contributed by atoms with Crippen LogP contribution in [0.5, 0.6) is 0 Å². The van der Waals surface area contributed by atoms with Crippen molar-refractivity contribution in [2.24, 2.45) is 0 Å². The summed E-state index contributed by atoms with van der Waals surface area (Å²) in [6, 6.07) is 2.32. The summed E-state index contributed by atoms with van der Waals surface area (Å²) in [5.74, 6) is 0.177. The Morgan fingerprint density at radius 1 is 1.64 bits per heavy atom. The van der Waals surface area contributed by atoms with E-state index in [4.69, 9.17) is 0 Å². The molecule has 14 heavy (non-hydrogen) atoms. The number of carbonyl (C=O) groups is 1. The highest BCUT2D eigenvalue weighted by Gasteiger charge is 2.21. The van der Waals surface area contributed by atoms with Crippen LogP contribution in [0.4, 0.5) is 0 Å². The zero-order valence-electron chi connectivity index (χ0n) is 8.29. The highest BCUT2D eigenvalue weighted by atomic mass is 16.1. The maximum atomic E-state index is 11.0. The molecular formula is C11H14N2O. The molecule has 1 aliphatic heterocycles. The van der Waals surface area contributed by atoms with E-state index in [-0.39, 0.29) is 5.91 Å². The summed E-state index contributed by atoms with van der Waals surface area (Å²) in [5, 5.41) is 2.96. The largest absolute Gasteiger partial charge is 0.353 e. The summed E-state index contributed by atoms with van der Waals surface area (Å²) in [6.07, 6.45) is 6.22. The maximum absolute atomic E-state index is 11.0. The van der Waals surface area contributed by atoms with Crippen LogP contribution in [-0.4, -0.2) is 16.9 Å². The van der Waals surface area contributed by atoms with Crippen LogP contribution in [0.2, 0.25) is 0 Å². The molecule has 0 aromatic carbocycles. The zero-order valence-corrected chi connectivity index (χ0v) is 8.29. The van der Waals surface area contributed by atoms with Gasteiger partial charge < -0.3 is 5.32 Å². The van der Waals surface area contributed by atoms with E-state index < -0.39 is 0 Å². The van der Waals surface area contributed by atoms with Crippen molar-refractivity contribution in [1.29, 1.82) is 0 Å². The Morgan fingerprint density at radius 3 is 3.14 bits per heavy atom. The van der Waals surface area contributed by atoms with Crippen LogP contribution in [0.1, 0.15) is 24.0 Å². The van der Waals surface area contributed by atoms with Crippen LogP contribution in [0.15, 0.2) is 18.5 Å². The second-order valence-electron chi connectivity index (χ2n) is 3.81. The number of aromatic nitrogens is 1. The minimum absolute atomic E-state index is 0.177. The second kappa shape index (κ2) is 3.78. The van der Waals surface area contributed by atoms with Crippen molar-refractivity contribution in [3.8, 4) is 0 Å². The van der Waals surface area contributed by atoms with E-state index in [0.29, 0.717) is 12.5 Å². The quantitative estimate of drug-likeness (QED) is 0.761. The lowest BCUT2D eigenvalue weighted by Crippen LogP contribution is -2.27. The smallest absolute Gasteiger partial charge is 0.220 e. The summed E-state index contributed by atoms with van der Waals surface area (Å²) in [4.78, 5) is 15.1. The third-order valence-electron chi connectivity index (χ3n) is 2.70. The Hall–Kier alpha value is -1.38. The molecule has 1 fully saturated rings. The number of rotatable bonds is 2. The molecule has 1 aromatic heterocycles. The van der Waals surface area contributed by atoms with Crippen molar-refractivity contribution in [3.05, 3.63) is 29.6 Å². The third-order valence-corrected chi connectivity index (χ3v) is 2.70. The van der Waals surface area contributed by atoms with Crippen molar-refractivity contribution in [1.82, 2.24) is 10.3 Å². The molecule has 3 heteroatoms. The van der Waals surface area contributed by atoms with Crippen molar-refractivity contribution >= 4 is 5.91 Å². The number of hydrogen-bond acceptors (Lipinski definition) is 2. The van der Waals surface area contributed by atoms with Crippen molar-refractivity contribution in [2.45, 2.75) is 32.2 Å². The van der Waals surface area contributed by atoms with Gasteiger partial charge in [-0.05, 0) is 37.0 Å². The number of amides is 1. The first-order chi connectivity index (χ1) is 6.75. The Labute approximate surface area is 83.5 Å². The molecule has 0 bridgehead atoms. The van der Waals surface area contributed by atoms with E-state index in [1.54, 1.807) is 6.20 Å². The number of hydrogen-bond donors (Lipinski definition) is 1. The van der Waals surface area contributed by atoms with Gasteiger partial charge in [-0.15, -0.1) is 0 Å². The van der Waals surface area contributed by atoms with Crippen molar-refractivity contribution < 1.29 is 4.79 Å². The maximum Gasteiger partial charge on any atom is 0.220 e. The van der Waals surface area contributed by atoms with Crippen LogP contribution in [0, 0.1) is 6.92 Å². The van der Waals surface area contributed by atoms with Crippen LogP contribution >= 0.6 is 0 Å². The number of carbonyl (C=O) groups excluding carboxylic acids is 1. The molecule has 1 N–H and O–H groups in total. The van der Waals surface area contributed by atoms with E-state index in [2.05, 4.69) is 17.2 Å².